The number of fused-ring (bicyclic) bond motifs is 2. The number of aliphatic imine (C=N–C) groups is 1. The number of rotatable bonds is 2. The number of aryl methyl sites for hydroxylation is 1. The second-order valence-corrected chi connectivity index (χ2v) is 8.66. The summed E-state index contributed by atoms with van der Waals surface area (Å²) in [6.45, 7) is 4.03. The van der Waals surface area contributed by atoms with Crippen LogP contribution in [0, 0.1) is 18.6 Å². The lowest BCUT2D eigenvalue weighted by atomic mass is 10.1. The molecule has 0 aliphatic carbocycles. The average molecular weight is 478 g/mol. The van der Waals surface area contributed by atoms with E-state index in [0.717, 1.165) is 35.2 Å². The standard InChI is InChI=1S/C27H25F2N3O3/c1-17-4-7-23-25(12-17)35-24-16-21(34-2)5-6-22(24)26(30-23)31-8-3-9-32(11-10-31)27(33)18-13-19(28)15-20(29)14-18/h4-7,12-16H,3,8-11H2,1-2H3. The minimum Gasteiger partial charge on any atom is -0.497 e. The van der Waals surface area contributed by atoms with E-state index < -0.39 is 11.6 Å². The van der Waals surface area contributed by atoms with E-state index in [0.29, 0.717) is 55.5 Å². The molecule has 6 nitrogen and oxygen atoms in total. The molecule has 2 heterocycles. The number of amides is 1. The summed E-state index contributed by atoms with van der Waals surface area (Å²) in [5.74, 6) is 0.805. The summed E-state index contributed by atoms with van der Waals surface area (Å²) in [7, 11) is 1.61. The second-order valence-electron chi connectivity index (χ2n) is 8.66. The van der Waals surface area contributed by atoms with Gasteiger partial charge in [-0.15, -0.1) is 0 Å². The zero-order chi connectivity index (χ0) is 24.5. The minimum atomic E-state index is -0.765. The van der Waals surface area contributed by atoms with Gasteiger partial charge < -0.3 is 19.3 Å². The number of ether oxygens (including phenoxy) is 2. The Balaban J connectivity index is 1.46. The molecular formula is C27H25F2N3O3. The molecule has 0 radical (unpaired) electrons. The first kappa shape index (κ1) is 22.8. The number of nitrogens with zero attached hydrogens (tertiary/aromatic N) is 3. The fourth-order valence-electron chi connectivity index (χ4n) is 4.42. The van der Waals surface area contributed by atoms with Crippen LogP contribution in [0.2, 0.25) is 0 Å². The molecular weight excluding hydrogens is 452 g/mol. The van der Waals surface area contributed by atoms with Crippen molar-refractivity contribution in [3.05, 3.63) is 82.9 Å². The molecule has 0 aromatic heterocycles. The maximum Gasteiger partial charge on any atom is 0.254 e. The van der Waals surface area contributed by atoms with E-state index in [-0.39, 0.29) is 11.5 Å². The van der Waals surface area contributed by atoms with Crippen molar-refractivity contribution in [2.24, 2.45) is 4.99 Å². The first-order chi connectivity index (χ1) is 16.9. The molecule has 0 bridgehead atoms. The second kappa shape index (κ2) is 9.37. The third kappa shape index (κ3) is 4.69. The monoisotopic (exact) mass is 477 g/mol. The Kier molecular flexibility index (Phi) is 6.11. The Labute approximate surface area is 202 Å². The number of carbonyl (C=O) groups excluding carboxylic acids is 1. The molecule has 0 spiro atoms. The van der Waals surface area contributed by atoms with Gasteiger partial charge in [0.1, 0.15) is 34.7 Å². The molecule has 8 heteroatoms. The maximum atomic E-state index is 13.7. The van der Waals surface area contributed by atoms with Crippen LogP contribution in [0.25, 0.3) is 0 Å². The number of benzene rings is 3. The van der Waals surface area contributed by atoms with Gasteiger partial charge in [0.15, 0.2) is 5.75 Å². The molecule has 1 fully saturated rings. The highest BCUT2D eigenvalue weighted by Gasteiger charge is 2.27. The Bertz CT molecular complexity index is 1300. The van der Waals surface area contributed by atoms with E-state index in [1.807, 2.05) is 43.3 Å². The van der Waals surface area contributed by atoms with E-state index in [9.17, 15) is 13.6 Å². The quantitative estimate of drug-likeness (QED) is 0.502. The molecule has 0 atom stereocenters. The third-order valence-corrected chi connectivity index (χ3v) is 6.18. The van der Waals surface area contributed by atoms with E-state index in [1.165, 1.54) is 0 Å². The van der Waals surface area contributed by atoms with E-state index in [1.54, 1.807) is 12.0 Å². The van der Waals surface area contributed by atoms with Crippen LogP contribution in [0.4, 0.5) is 14.5 Å². The molecule has 35 heavy (non-hydrogen) atoms. The fourth-order valence-corrected chi connectivity index (χ4v) is 4.42. The lowest BCUT2D eigenvalue weighted by molar-refractivity contribution is 0.0763. The lowest BCUT2D eigenvalue weighted by Gasteiger charge is -2.25. The van der Waals surface area contributed by atoms with Gasteiger partial charge in [0, 0.05) is 43.9 Å². The smallest absolute Gasteiger partial charge is 0.254 e. The van der Waals surface area contributed by atoms with Crippen LogP contribution in [-0.4, -0.2) is 54.8 Å². The summed E-state index contributed by atoms with van der Waals surface area (Å²) in [6, 6.07) is 14.4. The van der Waals surface area contributed by atoms with Crippen LogP contribution in [0.3, 0.4) is 0 Å². The number of hydrogen-bond donors (Lipinski definition) is 0. The van der Waals surface area contributed by atoms with E-state index >= 15 is 0 Å². The zero-order valence-corrected chi connectivity index (χ0v) is 19.6. The summed E-state index contributed by atoms with van der Waals surface area (Å²) in [5.41, 5.74) is 2.61. The normalized spacial score (nSPS) is 15.3. The lowest BCUT2D eigenvalue weighted by Crippen LogP contribution is -2.37. The average Bonchev–Trinajstić information content (AvgIpc) is 3.17. The predicted molar refractivity (Wildman–Crippen MR) is 129 cm³/mol. The highest BCUT2D eigenvalue weighted by molar-refractivity contribution is 6.04. The summed E-state index contributed by atoms with van der Waals surface area (Å²) >= 11 is 0. The molecule has 2 aliphatic rings. The largest absolute Gasteiger partial charge is 0.497 e. The van der Waals surface area contributed by atoms with Gasteiger partial charge >= 0.3 is 0 Å². The molecule has 1 saturated heterocycles. The number of hydrogen-bond acceptors (Lipinski definition) is 5. The Morgan fingerprint density at radius 3 is 2.51 bits per heavy atom. The van der Waals surface area contributed by atoms with Crippen molar-refractivity contribution in [2.45, 2.75) is 13.3 Å². The van der Waals surface area contributed by atoms with Crippen LogP contribution in [0.1, 0.15) is 27.9 Å². The topological polar surface area (TPSA) is 54.4 Å². The van der Waals surface area contributed by atoms with Crippen molar-refractivity contribution < 1.29 is 23.0 Å². The summed E-state index contributed by atoms with van der Waals surface area (Å²) in [5, 5.41) is 0. The van der Waals surface area contributed by atoms with Crippen molar-refractivity contribution in [3.63, 3.8) is 0 Å². The minimum absolute atomic E-state index is 0.0119. The molecule has 180 valence electrons. The number of carbonyl (C=O) groups is 1. The van der Waals surface area contributed by atoms with Crippen LogP contribution >= 0.6 is 0 Å². The number of halogens is 2. The van der Waals surface area contributed by atoms with Crippen LogP contribution in [0.15, 0.2) is 59.6 Å². The Morgan fingerprint density at radius 1 is 0.943 bits per heavy atom. The molecule has 0 saturated carbocycles. The van der Waals surface area contributed by atoms with E-state index in [2.05, 4.69) is 4.90 Å². The zero-order valence-electron chi connectivity index (χ0n) is 19.6. The van der Waals surface area contributed by atoms with Crippen LogP contribution in [-0.2, 0) is 0 Å². The van der Waals surface area contributed by atoms with Gasteiger partial charge in [-0.2, -0.15) is 0 Å². The molecule has 0 N–H and O–H groups in total. The van der Waals surface area contributed by atoms with Gasteiger partial charge in [0.25, 0.3) is 5.91 Å². The van der Waals surface area contributed by atoms with Crippen LogP contribution < -0.4 is 9.47 Å². The molecule has 0 unspecified atom stereocenters. The van der Waals surface area contributed by atoms with Gasteiger partial charge in [-0.05, 0) is 55.3 Å². The van der Waals surface area contributed by atoms with Gasteiger partial charge in [0.05, 0.1) is 12.7 Å². The molecule has 3 aromatic rings. The SMILES string of the molecule is COc1ccc2c(c1)Oc1cc(C)ccc1N=C2N1CCCN(C(=O)c2cc(F)cc(F)c2)CC1. The van der Waals surface area contributed by atoms with Gasteiger partial charge in [-0.3, -0.25) is 4.79 Å². The van der Waals surface area contributed by atoms with Crippen molar-refractivity contribution in [1.29, 1.82) is 0 Å². The fraction of sp³-hybridized carbons (Fsp3) is 0.259. The van der Waals surface area contributed by atoms with Gasteiger partial charge in [0.2, 0.25) is 0 Å². The van der Waals surface area contributed by atoms with Crippen molar-refractivity contribution in [3.8, 4) is 17.2 Å². The predicted octanol–water partition coefficient (Wildman–Crippen LogP) is 5.31. The van der Waals surface area contributed by atoms with E-state index in [4.69, 9.17) is 14.5 Å². The molecule has 1 amide bonds. The Hall–Kier alpha value is -3.94. The van der Waals surface area contributed by atoms with Gasteiger partial charge in [-0.25, -0.2) is 13.8 Å². The van der Waals surface area contributed by atoms with Crippen molar-refractivity contribution in [1.82, 2.24) is 9.80 Å². The Morgan fingerprint density at radius 2 is 1.74 bits per heavy atom. The molecule has 2 aliphatic heterocycles. The first-order valence-corrected chi connectivity index (χ1v) is 11.5. The highest BCUT2D eigenvalue weighted by atomic mass is 19.1. The number of amidine groups is 1. The van der Waals surface area contributed by atoms with Crippen molar-refractivity contribution >= 4 is 17.4 Å². The number of methoxy groups -OCH3 is 1. The van der Waals surface area contributed by atoms with Crippen LogP contribution in [0.5, 0.6) is 17.2 Å². The molecule has 3 aromatic carbocycles. The third-order valence-electron chi connectivity index (χ3n) is 6.18. The van der Waals surface area contributed by atoms with Crippen molar-refractivity contribution in [2.75, 3.05) is 33.3 Å². The summed E-state index contributed by atoms with van der Waals surface area (Å²) in [4.78, 5) is 21.7. The summed E-state index contributed by atoms with van der Waals surface area (Å²) in [6.07, 6.45) is 0.676. The maximum absolute atomic E-state index is 13.7. The summed E-state index contributed by atoms with van der Waals surface area (Å²) < 4.78 is 39.0. The van der Waals surface area contributed by atoms with Gasteiger partial charge in [-0.1, -0.05) is 6.07 Å². The molecule has 5 rings (SSSR count). The first-order valence-electron chi connectivity index (χ1n) is 11.5. The highest BCUT2D eigenvalue weighted by Crippen LogP contribution is 2.40.